The van der Waals surface area contributed by atoms with Gasteiger partial charge in [0.2, 0.25) is 0 Å². The number of benzene rings is 1. The topological polar surface area (TPSA) is 33.0 Å². The molecule has 0 spiro atoms. The Bertz CT molecular complexity index is 590. The SMILES string of the molecule is CCC=CCOc1ccc(-c2ccc(C#N)s2)cc1. The number of hydrogen-bond donors (Lipinski definition) is 0. The number of nitriles is 1. The van der Waals surface area contributed by atoms with E-state index < -0.39 is 0 Å². The summed E-state index contributed by atoms with van der Waals surface area (Å²) in [4.78, 5) is 1.84. The third-order valence-electron chi connectivity index (χ3n) is 2.60. The summed E-state index contributed by atoms with van der Waals surface area (Å²) in [5.74, 6) is 0.863. The van der Waals surface area contributed by atoms with Crippen LogP contribution >= 0.6 is 11.3 Å². The van der Waals surface area contributed by atoms with Crippen LogP contribution in [0.4, 0.5) is 0 Å². The Labute approximate surface area is 117 Å². The van der Waals surface area contributed by atoms with Gasteiger partial charge in [0.25, 0.3) is 0 Å². The van der Waals surface area contributed by atoms with Crippen molar-refractivity contribution in [1.29, 1.82) is 5.26 Å². The van der Waals surface area contributed by atoms with Crippen LogP contribution in [0.5, 0.6) is 5.75 Å². The lowest BCUT2D eigenvalue weighted by Gasteiger charge is -2.04. The summed E-state index contributed by atoms with van der Waals surface area (Å²) in [6.45, 7) is 2.70. The van der Waals surface area contributed by atoms with E-state index in [9.17, 15) is 0 Å². The van der Waals surface area contributed by atoms with E-state index in [1.165, 1.54) is 11.3 Å². The van der Waals surface area contributed by atoms with Crippen molar-refractivity contribution < 1.29 is 4.74 Å². The molecule has 0 atom stereocenters. The second-order valence-electron chi connectivity index (χ2n) is 3.99. The van der Waals surface area contributed by atoms with Gasteiger partial charge in [-0.2, -0.15) is 5.26 Å². The number of rotatable bonds is 5. The molecule has 0 N–H and O–H groups in total. The fourth-order valence-corrected chi connectivity index (χ4v) is 2.46. The van der Waals surface area contributed by atoms with Crippen LogP contribution in [0.3, 0.4) is 0 Å². The average Bonchev–Trinajstić information content (AvgIpc) is 2.93. The van der Waals surface area contributed by atoms with E-state index in [0.29, 0.717) is 6.61 Å². The van der Waals surface area contributed by atoms with Gasteiger partial charge in [0.05, 0.1) is 0 Å². The first kappa shape index (κ1) is 13.4. The van der Waals surface area contributed by atoms with Crippen molar-refractivity contribution in [3.63, 3.8) is 0 Å². The monoisotopic (exact) mass is 269 g/mol. The maximum absolute atomic E-state index is 8.82. The highest BCUT2D eigenvalue weighted by Gasteiger charge is 2.02. The zero-order chi connectivity index (χ0) is 13.5. The largest absolute Gasteiger partial charge is 0.490 e. The standard InChI is InChI=1S/C16H15NOS/c1-2-3-4-11-18-14-7-5-13(6-8-14)16-10-9-15(12-17)19-16/h3-10H,2,11H2,1H3. The molecular weight excluding hydrogens is 254 g/mol. The predicted molar refractivity (Wildman–Crippen MR) is 79.4 cm³/mol. The van der Waals surface area contributed by atoms with E-state index in [4.69, 9.17) is 10.00 Å². The lowest BCUT2D eigenvalue weighted by atomic mass is 10.2. The van der Waals surface area contributed by atoms with Crippen LogP contribution in [0.25, 0.3) is 10.4 Å². The number of ether oxygens (including phenoxy) is 1. The van der Waals surface area contributed by atoms with Gasteiger partial charge in [-0.25, -0.2) is 0 Å². The molecule has 2 aromatic rings. The normalized spacial score (nSPS) is 10.5. The van der Waals surface area contributed by atoms with Gasteiger partial charge < -0.3 is 4.74 Å². The first-order valence-electron chi connectivity index (χ1n) is 6.21. The third-order valence-corrected chi connectivity index (χ3v) is 3.64. The van der Waals surface area contributed by atoms with Crippen LogP contribution in [-0.2, 0) is 0 Å². The fourth-order valence-electron chi connectivity index (χ4n) is 1.65. The molecule has 0 unspecified atom stereocenters. The maximum Gasteiger partial charge on any atom is 0.119 e. The van der Waals surface area contributed by atoms with Gasteiger partial charge in [-0.1, -0.05) is 19.1 Å². The molecule has 0 radical (unpaired) electrons. The minimum atomic E-state index is 0.602. The van der Waals surface area contributed by atoms with Gasteiger partial charge in [-0.3, -0.25) is 0 Å². The summed E-state index contributed by atoms with van der Waals surface area (Å²) in [5, 5.41) is 8.82. The molecule has 0 saturated carbocycles. The van der Waals surface area contributed by atoms with Crippen molar-refractivity contribution in [3.8, 4) is 22.3 Å². The van der Waals surface area contributed by atoms with Gasteiger partial charge in [0, 0.05) is 4.88 Å². The van der Waals surface area contributed by atoms with Gasteiger partial charge in [-0.15, -0.1) is 11.3 Å². The van der Waals surface area contributed by atoms with Crippen molar-refractivity contribution in [2.45, 2.75) is 13.3 Å². The van der Waals surface area contributed by atoms with E-state index in [0.717, 1.165) is 27.5 Å². The Hall–Kier alpha value is -2.05. The van der Waals surface area contributed by atoms with Crippen LogP contribution in [0.15, 0.2) is 48.6 Å². The third kappa shape index (κ3) is 3.70. The summed E-state index contributed by atoms with van der Waals surface area (Å²) >= 11 is 1.50. The highest BCUT2D eigenvalue weighted by atomic mass is 32.1. The first-order valence-corrected chi connectivity index (χ1v) is 7.03. The molecule has 0 aliphatic heterocycles. The van der Waals surface area contributed by atoms with Crippen LogP contribution in [0.1, 0.15) is 18.2 Å². The molecule has 96 valence electrons. The lowest BCUT2D eigenvalue weighted by Crippen LogP contribution is -1.92. The minimum absolute atomic E-state index is 0.602. The summed E-state index contributed by atoms with van der Waals surface area (Å²) in [6, 6.07) is 13.9. The van der Waals surface area contributed by atoms with E-state index in [1.54, 1.807) is 0 Å². The summed E-state index contributed by atoms with van der Waals surface area (Å²) in [6.07, 6.45) is 5.14. The van der Waals surface area contributed by atoms with Crippen molar-refractivity contribution in [3.05, 3.63) is 53.4 Å². The Balaban J connectivity index is 2.02. The zero-order valence-corrected chi connectivity index (χ0v) is 11.6. The average molecular weight is 269 g/mol. The lowest BCUT2D eigenvalue weighted by molar-refractivity contribution is 0.362. The molecule has 0 saturated heterocycles. The van der Waals surface area contributed by atoms with Crippen molar-refractivity contribution in [2.24, 2.45) is 0 Å². The molecule has 2 rings (SSSR count). The summed E-state index contributed by atoms with van der Waals surface area (Å²) in [5.41, 5.74) is 1.11. The van der Waals surface area contributed by atoms with Crippen LogP contribution in [-0.4, -0.2) is 6.61 Å². The first-order chi connectivity index (χ1) is 9.33. The summed E-state index contributed by atoms with van der Waals surface area (Å²) in [7, 11) is 0. The van der Waals surface area contributed by atoms with Crippen molar-refractivity contribution in [2.75, 3.05) is 6.61 Å². The molecule has 1 aromatic heterocycles. The zero-order valence-electron chi connectivity index (χ0n) is 10.8. The van der Waals surface area contributed by atoms with E-state index in [-0.39, 0.29) is 0 Å². The highest BCUT2D eigenvalue weighted by Crippen LogP contribution is 2.28. The molecule has 0 aliphatic rings. The molecule has 0 bridgehead atoms. The number of thiophene rings is 1. The number of allylic oxidation sites excluding steroid dienone is 1. The molecule has 0 aliphatic carbocycles. The Morgan fingerprint density at radius 1 is 1.16 bits per heavy atom. The molecular formula is C16H15NOS. The van der Waals surface area contributed by atoms with E-state index >= 15 is 0 Å². The molecule has 2 nitrogen and oxygen atoms in total. The second-order valence-corrected chi connectivity index (χ2v) is 5.07. The quantitative estimate of drug-likeness (QED) is 0.741. The second kappa shape index (κ2) is 6.77. The number of hydrogen-bond acceptors (Lipinski definition) is 3. The Kier molecular flexibility index (Phi) is 4.77. The van der Waals surface area contributed by atoms with Crippen molar-refractivity contribution >= 4 is 11.3 Å². The molecule has 1 heterocycles. The molecule has 3 heteroatoms. The maximum atomic E-state index is 8.82. The molecule has 0 amide bonds. The van der Waals surface area contributed by atoms with E-state index in [2.05, 4.69) is 19.1 Å². The highest BCUT2D eigenvalue weighted by molar-refractivity contribution is 7.16. The Morgan fingerprint density at radius 3 is 2.58 bits per heavy atom. The molecule has 0 fully saturated rings. The van der Waals surface area contributed by atoms with Crippen LogP contribution in [0, 0.1) is 11.3 Å². The predicted octanol–water partition coefficient (Wildman–Crippen LogP) is 4.63. The smallest absolute Gasteiger partial charge is 0.119 e. The van der Waals surface area contributed by atoms with Gasteiger partial charge in [0.15, 0.2) is 0 Å². The molecule has 19 heavy (non-hydrogen) atoms. The minimum Gasteiger partial charge on any atom is -0.490 e. The number of nitrogens with zero attached hydrogens (tertiary/aromatic N) is 1. The van der Waals surface area contributed by atoms with Gasteiger partial charge in [-0.05, 0) is 48.4 Å². The fraction of sp³-hybridized carbons (Fsp3) is 0.188. The van der Waals surface area contributed by atoms with Crippen LogP contribution < -0.4 is 4.74 Å². The Morgan fingerprint density at radius 2 is 1.95 bits per heavy atom. The van der Waals surface area contributed by atoms with Crippen LogP contribution in [0.2, 0.25) is 0 Å². The van der Waals surface area contributed by atoms with Crippen molar-refractivity contribution in [1.82, 2.24) is 0 Å². The summed E-state index contributed by atoms with van der Waals surface area (Å²) < 4.78 is 5.59. The van der Waals surface area contributed by atoms with Gasteiger partial charge in [0.1, 0.15) is 23.3 Å². The van der Waals surface area contributed by atoms with Gasteiger partial charge >= 0.3 is 0 Å². The molecule has 1 aromatic carbocycles. The van der Waals surface area contributed by atoms with E-state index in [1.807, 2.05) is 42.5 Å².